The van der Waals surface area contributed by atoms with Crippen LogP contribution in [0.2, 0.25) is 0 Å². The maximum Gasteiger partial charge on any atom is 0.255 e. The number of carbonyl (C=O) groups is 1. The lowest BCUT2D eigenvalue weighted by molar-refractivity contribution is 0.102. The second-order valence-electron chi connectivity index (χ2n) is 4.95. The summed E-state index contributed by atoms with van der Waals surface area (Å²) in [6.07, 6.45) is 1.07. The van der Waals surface area contributed by atoms with E-state index in [9.17, 15) is 4.79 Å². The number of nitrogens with two attached hydrogens (primary N) is 1. The molecule has 0 aliphatic heterocycles. The molecule has 2 unspecified atom stereocenters. The predicted molar refractivity (Wildman–Crippen MR) is 83.4 cm³/mol. The summed E-state index contributed by atoms with van der Waals surface area (Å²) in [5.41, 5.74) is 8.55. The highest BCUT2D eigenvalue weighted by Gasteiger charge is 2.34. The number of benzene rings is 2. The Bertz CT molecular complexity index is 583. The minimum atomic E-state index is -0.0866. The summed E-state index contributed by atoms with van der Waals surface area (Å²) in [7, 11) is 0. The molecule has 0 aromatic heterocycles. The Kier molecular flexibility index (Phi) is 4.42. The Morgan fingerprint density at radius 3 is 2.20 bits per heavy atom. The maximum absolute atomic E-state index is 12.0. The first-order valence-electron chi connectivity index (χ1n) is 6.46. The molecular formula is C16H17ClN2O. The fraction of sp³-hybridized carbons (Fsp3) is 0.188. The fourth-order valence-electron chi connectivity index (χ4n) is 2.20. The van der Waals surface area contributed by atoms with Crippen molar-refractivity contribution in [3.05, 3.63) is 65.7 Å². The zero-order chi connectivity index (χ0) is 13.2. The Hall–Kier alpha value is -1.84. The minimum absolute atomic E-state index is 0. The molecule has 0 radical (unpaired) electrons. The third kappa shape index (κ3) is 3.18. The van der Waals surface area contributed by atoms with Crippen LogP contribution in [0, 0.1) is 0 Å². The molecule has 1 amide bonds. The highest BCUT2D eigenvalue weighted by molar-refractivity contribution is 6.04. The van der Waals surface area contributed by atoms with Crippen molar-refractivity contribution in [3.63, 3.8) is 0 Å². The van der Waals surface area contributed by atoms with Crippen molar-refractivity contribution < 1.29 is 4.79 Å². The van der Waals surface area contributed by atoms with E-state index in [1.165, 1.54) is 5.56 Å². The Morgan fingerprint density at radius 2 is 1.65 bits per heavy atom. The first-order chi connectivity index (χ1) is 9.24. The van der Waals surface area contributed by atoms with Gasteiger partial charge in [0.05, 0.1) is 0 Å². The third-order valence-electron chi connectivity index (χ3n) is 3.47. The van der Waals surface area contributed by atoms with Crippen LogP contribution in [-0.4, -0.2) is 11.9 Å². The second-order valence-corrected chi connectivity index (χ2v) is 4.95. The predicted octanol–water partition coefficient (Wildman–Crippen LogP) is 3.18. The van der Waals surface area contributed by atoms with E-state index < -0.39 is 0 Å². The molecule has 2 atom stereocenters. The smallest absolute Gasteiger partial charge is 0.255 e. The average molecular weight is 289 g/mol. The van der Waals surface area contributed by atoms with Crippen LogP contribution >= 0.6 is 12.4 Å². The molecule has 3 nitrogen and oxygen atoms in total. The molecule has 0 bridgehead atoms. The van der Waals surface area contributed by atoms with Gasteiger partial charge in [0, 0.05) is 23.2 Å². The summed E-state index contributed by atoms with van der Waals surface area (Å²) in [6.45, 7) is 0. The lowest BCUT2D eigenvalue weighted by Gasteiger charge is -2.06. The van der Waals surface area contributed by atoms with E-state index in [0.717, 1.165) is 12.1 Å². The number of hydrogen-bond donors (Lipinski definition) is 2. The van der Waals surface area contributed by atoms with Crippen molar-refractivity contribution in [2.75, 3.05) is 5.32 Å². The molecule has 0 heterocycles. The van der Waals surface area contributed by atoms with Gasteiger partial charge in [-0.05, 0) is 36.2 Å². The molecule has 3 N–H and O–H groups in total. The zero-order valence-corrected chi connectivity index (χ0v) is 11.8. The largest absolute Gasteiger partial charge is 0.327 e. The first kappa shape index (κ1) is 14.6. The van der Waals surface area contributed by atoms with E-state index >= 15 is 0 Å². The van der Waals surface area contributed by atoms with Crippen LogP contribution in [0.4, 0.5) is 5.69 Å². The van der Waals surface area contributed by atoms with Gasteiger partial charge < -0.3 is 11.1 Å². The minimum Gasteiger partial charge on any atom is -0.327 e. The molecular weight excluding hydrogens is 272 g/mol. The highest BCUT2D eigenvalue weighted by Crippen LogP contribution is 2.39. The normalized spacial score (nSPS) is 19.9. The monoisotopic (exact) mass is 288 g/mol. The average Bonchev–Trinajstić information content (AvgIpc) is 3.18. The maximum atomic E-state index is 12.0. The number of nitrogens with one attached hydrogen (secondary N) is 1. The van der Waals surface area contributed by atoms with Gasteiger partial charge in [-0.15, -0.1) is 12.4 Å². The van der Waals surface area contributed by atoms with E-state index in [4.69, 9.17) is 5.73 Å². The van der Waals surface area contributed by atoms with Gasteiger partial charge in [0.2, 0.25) is 0 Å². The van der Waals surface area contributed by atoms with Gasteiger partial charge in [0.1, 0.15) is 0 Å². The summed E-state index contributed by atoms with van der Waals surface area (Å²) in [5, 5.41) is 2.89. The van der Waals surface area contributed by atoms with Gasteiger partial charge in [0.25, 0.3) is 5.91 Å². The van der Waals surface area contributed by atoms with Crippen LogP contribution in [0.5, 0.6) is 0 Å². The van der Waals surface area contributed by atoms with E-state index in [1.54, 1.807) is 12.1 Å². The van der Waals surface area contributed by atoms with Gasteiger partial charge in [-0.25, -0.2) is 0 Å². The van der Waals surface area contributed by atoms with Crippen molar-refractivity contribution in [2.45, 2.75) is 18.4 Å². The van der Waals surface area contributed by atoms with Crippen LogP contribution in [0.15, 0.2) is 54.6 Å². The summed E-state index contributed by atoms with van der Waals surface area (Å²) in [5.74, 6) is 0.412. The number of rotatable bonds is 3. The SMILES string of the molecule is Cl.NC1CC1c1ccc(NC(=O)c2ccccc2)cc1. The van der Waals surface area contributed by atoms with Crippen molar-refractivity contribution in [2.24, 2.45) is 5.73 Å². The van der Waals surface area contributed by atoms with Gasteiger partial charge in [-0.1, -0.05) is 30.3 Å². The Morgan fingerprint density at radius 1 is 1.05 bits per heavy atom. The third-order valence-corrected chi connectivity index (χ3v) is 3.47. The fourth-order valence-corrected chi connectivity index (χ4v) is 2.20. The molecule has 2 aromatic rings. The van der Waals surface area contributed by atoms with Crippen LogP contribution in [0.1, 0.15) is 28.3 Å². The van der Waals surface area contributed by atoms with Gasteiger partial charge in [-0.3, -0.25) is 4.79 Å². The number of halogens is 1. The number of carbonyl (C=O) groups excluding carboxylic acids is 1. The quantitative estimate of drug-likeness (QED) is 0.911. The van der Waals surface area contributed by atoms with Crippen molar-refractivity contribution in [1.82, 2.24) is 0 Å². The Labute approximate surface area is 124 Å². The molecule has 1 aliphatic rings. The summed E-state index contributed by atoms with van der Waals surface area (Å²) in [6, 6.07) is 17.5. The molecule has 3 rings (SSSR count). The summed E-state index contributed by atoms with van der Waals surface area (Å²) < 4.78 is 0. The second kappa shape index (κ2) is 6.07. The number of hydrogen-bond acceptors (Lipinski definition) is 2. The Balaban J connectivity index is 0.00000147. The van der Waals surface area contributed by atoms with Crippen molar-refractivity contribution in [1.29, 1.82) is 0 Å². The molecule has 2 aromatic carbocycles. The van der Waals surface area contributed by atoms with Gasteiger partial charge >= 0.3 is 0 Å². The van der Waals surface area contributed by atoms with Crippen LogP contribution in [-0.2, 0) is 0 Å². The standard InChI is InChI=1S/C16H16N2O.ClH/c17-15-10-14(15)11-6-8-13(9-7-11)18-16(19)12-4-2-1-3-5-12;/h1-9,14-15H,10,17H2,(H,18,19);1H. The summed E-state index contributed by atoms with van der Waals surface area (Å²) in [4.78, 5) is 12.0. The van der Waals surface area contributed by atoms with Crippen LogP contribution in [0.25, 0.3) is 0 Å². The molecule has 1 aliphatic carbocycles. The molecule has 1 fully saturated rings. The number of amides is 1. The summed E-state index contributed by atoms with van der Waals surface area (Å²) >= 11 is 0. The lowest BCUT2D eigenvalue weighted by atomic mass is 10.1. The molecule has 1 saturated carbocycles. The molecule has 20 heavy (non-hydrogen) atoms. The van der Waals surface area contributed by atoms with E-state index in [1.807, 2.05) is 42.5 Å². The number of anilines is 1. The van der Waals surface area contributed by atoms with Crippen LogP contribution in [0.3, 0.4) is 0 Å². The molecule has 4 heteroatoms. The van der Waals surface area contributed by atoms with Crippen LogP contribution < -0.4 is 11.1 Å². The van der Waals surface area contributed by atoms with Crippen molar-refractivity contribution >= 4 is 24.0 Å². The topological polar surface area (TPSA) is 55.1 Å². The highest BCUT2D eigenvalue weighted by atomic mass is 35.5. The molecule has 0 spiro atoms. The first-order valence-corrected chi connectivity index (χ1v) is 6.46. The van der Waals surface area contributed by atoms with E-state index in [0.29, 0.717) is 17.5 Å². The molecule has 0 saturated heterocycles. The lowest BCUT2D eigenvalue weighted by Crippen LogP contribution is -2.11. The van der Waals surface area contributed by atoms with Gasteiger partial charge in [0.15, 0.2) is 0 Å². The zero-order valence-electron chi connectivity index (χ0n) is 11.0. The van der Waals surface area contributed by atoms with E-state index in [-0.39, 0.29) is 18.3 Å². The van der Waals surface area contributed by atoms with E-state index in [2.05, 4.69) is 5.32 Å². The molecule has 104 valence electrons. The van der Waals surface area contributed by atoms with Crippen molar-refractivity contribution in [3.8, 4) is 0 Å². The van der Waals surface area contributed by atoms with Gasteiger partial charge in [-0.2, -0.15) is 0 Å².